The Kier molecular flexibility index (Phi) is 6.44. The van der Waals surface area contributed by atoms with Crippen LogP contribution in [0.4, 0.5) is 10.2 Å². The van der Waals surface area contributed by atoms with E-state index in [1.807, 2.05) is 29.9 Å². The van der Waals surface area contributed by atoms with Gasteiger partial charge in [-0.15, -0.1) is 0 Å². The highest BCUT2D eigenvalue weighted by molar-refractivity contribution is 5.94. The fourth-order valence-electron chi connectivity index (χ4n) is 4.58. The minimum Gasteiger partial charge on any atom is -0.367 e. The van der Waals surface area contributed by atoms with Gasteiger partial charge in [0.15, 0.2) is 5.65 Å². The highest BCUT2D eigenvalue weighted by atomic mass is 19.1. The molecule has 5 rings (SSSR count). The molecule has 0 saturated heterocycles. The van der Waals surface area contributed by atoms with Crippen molar-refractivity contribution in [1.82, 2.24) is 25.1 Å². The second kappa shape index (κ2) is 9.82. The molecule has 0 aliphatic heterocycles. The van der Waals surface area contributed by atoms with Crippen molar-refractivity contribution in [3.8, 4) is 5.69 Å². The Morgan fingerprint density at radius 3 is 2.46 bits per heavy atom. The van der Waals surface area contributed by atoms with Gasteiger partial charge < -0.3 is 10.6 Å². The number of aromatic nitrogens is 4. The lowest BCUT2D eigenvalue weighted by Crippen LogP contribution is -2.40. The summed E-state index contributed by atoms with van der Waals surface area (Å²) in [6, 6.07) is 14.5. The fraction of sp³-hybridized carbons (Fsp3) is 0.333. The number of benzene rings is 2. The van der Waals surface area contributed by atoms with Crippen LogP contribution in [0.25, 0.3) is 16.7 Å². The van der Waals surface area contributed by atoms with Gasteiger partial charge in [-0.3, -0.25) is 4.79 Å². The highest BCUT2D eigenvalue weighted by Gasteiger charge is 2.25. The zero-order chi connectivity index (χ0) is 24.4. The Labute approximate surface area is 203 Å². The van der Waals surface area contributed by atoms with Crippen molar-refractivity contribution in [3.63, 3.8) is 0 Å². The molecule has 35 heavy (non-hydrogen) atoms. The molecule has 7 nitrogen and oxygen atoms in total. The molecular formula is C27H29FN6O. The molecule has 0 atom stereocenters. The van der Waals surface area contributed by atoms with Gasteiger partial charge in [-0.25, -0.2) is 19.0 Å². The molecule has 2 N–H and O–H groups in total. The van der Waals surface area contributed by atoms with E-state index in [0.717, 1.165) is 60.5 Å². The molecule has 1 fully saturated rings. The lowest BCUT2D eigenvalue weighted by molar-refractivity contribution is 0.0922. The summed E-state index contributed by atoms with van der Waals surface area (Å²) in [6.07, 6.45) is 5.92. The Morgan fingerprint density at radius 2 is 1.74 bits per heavy atom. The van der Waals surface area contributed by atoms with Crippen LogP contribution in [0.5, 0.6) is 0 Å². The minimum absolute atomic E-state index is 0.0288. The molecule has 0 spiro atoms. The predicted molar refractivity (Wildman–Crippen MR) is 134 cm³/mol. The van der Waals surface area contributed by atoms with Gasteiger partial charge in [0.25, 0.3) is 5.91 Å². The van der Waals surface area contributed by atoms with Gasteiger partial charge in [0, 0.05) is 18.5 Å². The third-order valence-electron chi connectivity index (χ3n) is 6.59. The summed E-state index contributed by atoms with van der Waals surface area (Å²) in [5.74, 6) is 0.711. The van der Waals surface area contributed by atoms with E-state index in [2.05, 4.69) is 34.8 Å². The number of nitrogens with zero attached hydrogens (tertiary/aromatic N) is 4. The molecular weight excluding hydrogens is 443 g/mol. The van der Waals surface area contributed by atoms with Crippen LogP contribution in [0.15, 0.2) is 54.7 Å². The summed E-state index contributed by atoms with van der Waals surface area (Å²) in [7, 11) is 0. The normalized spacial score (nSPS) is 17.9. The van der Waals surface area contributed by atoms with E-state index in [9.17, 15) is 9.18 Å². The molecule has 1 saturated carbocycles. The molecule has 1 aliphatic rings. The summed E-state index contributed by atoms with van der Waals surface area (Å²) in [5.41, 5.74) is 3.03. The number of hydrogen-bond donors (Lipinski definition) is 2. The highest BCUT2D eigenvalue weighted by Crippen LogP contribution is 2.27. The predicted octanol–water partition coefficient (Wildman–Crippen LogP) is 4.98. The van der Waals surface area contributed by atoms with E-state index < -0.39 is 5.82 Å². The first-order chi connectivity index (χ1) is 17.0. The van der Waals surface area contributed by atoms with Crippen molar-refractivity contribution < 1.29 is 9.18 Å². The maximum atomic E-state index is 13.9. The number of hydrogen-bond acceptors (Lipinski definition) is 5. The van der Waals surface area contributed by atoms with Gasteiger partial charge in [-0.2, -0.15) is 5.10 Å². The number of rotatable bonds is 6. The third-order valence-corrected chi connectivity index (χ3v) is 6.59. The summed E-state index contributed by atoms with van der Waals surface area (Å²) in [6.45, 7) is 4.10. The zero-order valence-corrected chi connectivity index (χ0v) is 20.0. The number of halogens is 1. The van der Waals surface area contributed by atoms with E-state index in [1.165, 1.54) is 17.7 Å². The van der Waals surface area contributed by atoms with Crippen LogP contribution in [-0.4, -0.2) is 37.7 Å². The van der Waals surface area contributed by atoms with Crippen molar-refractivity contribution in [2.75, 3.05) is 5.32 Å². The number of carbonyl (C=O) groups is 1. The lowest BCUT2D eigenvalue weighted by Gasteiger charge is -2.30. The Morgan fingerprint density at radius 1 is 1.03 bits per heavy atom. The summed E-state index contributed by atoms with van der Waals surface area (Å²) in [4.78, 5) is 22.0. The number of anilines is 1. The van der Waals surface area contributed by atoms with Crippen LogP contribution < -0.4 is 10.6 Å². The van der Waals surface area contributed by atoms with Crippen LogP contribution >= 0.6 is 0 Å². The zero-order valence-electron chi connectivity index (χ0n) is 20.0. The average molecular weight is 473 g/mol. The third kappa shape index (κ3) is 4.87. The molecule has 180 valence electrons. The first-order valence-electron chi connectivity index (χ1n) is 12.2. The van der Waals surface area contributed by atoms with Crippen LogP contribution in [0.1, 0.15) is 54.4 Å². The average Bonchev–Trinajstić information content (AvgIpc) is 3.30. The number of amides is 1. The van der Waals surface area contributed by atoms with E-state index in [-0.39, 0.29) is 23.6 Å². The number of fused-ring (bicyclic) bond motifs is 1. The van der Waals surface area contributed by atoms with Gasteiger partial charge >= 0.3 is 0 Å². The largest absolute Gasteiger partial charge is 0.367 e. The topological polar surface area (TPSA) is 84.7 Å². The maximum absolute atomic E-state index is 13.9. The van der Waals surface area contributed by atoms with Gasteiger partial charge in [0.05, 0.1) is 22.8 Å². The Balaban J connectivity index is 1.29. The molecule has 4 aromatic rings. The molecule has 1 aliphatic carbocycles. The van der Waals surface area contributed by atoms with Gasteiger partial charge in [0.1, 0.15) is 17.5 Å². The van der Waals surface area contributed by atoms with Gasteiger partial charge in [-0.1, -0.05) is 36.8 Å². The summed E-state index contributed by atoms with van der Waals surface area (Å²) >= 11 is 0. The van der Waals surface area contributed by atoms with Crippen molar-refractivity contribution in [1.29, 1.82) is 0 Å². The molecule has 1 amide bonds. The quantitative estimate of drug-likeness (QED) is 0.414. The van der Waals surface area contributed by atoms with Gasteiger partial charge in [-0.05, 0) is 56.9 Å². The number of carbonyl (C=O) groups excluding carboxylic acids is 1. The monoisotopic (exact) mass is 472 g/mol. The number of aryl methyl sites for hydroxylation is 2. The number of nitrogens with one attached hydrogen (secondary N) is 2. The standard InChI is InChI=1S/C27H29FN6O/c1-3-24-32-25(22-16-29-34(26(22)33-24)20-14-8-17(2)9-15-20)30-18-10-12-19(13-11-18)31-27(35)21-6-4-5-7-23(21)28/h4-9,14-16,18-19H,3,10-13H2,1-2H3,(H,31,35)(H,30,32,33). The molecule has 8 heteroatoms. The van der Waals surface area contributed by atoms with Crippen LogP contribution in [0.3, 0.4) is 0 Å². The smallest absolute Gasteiger partial charge is 0.254 e. The van der Waals surface area contributed by atoms with Crippen molar-refractivity contribution in [3.05, 3.63) is 77.5 Å². The SMILES string of the molecule is CCc1nc(NC2CCC(NC(=O)c3ccccc3F)CC2)c2cnn(-c3ccc(C)cc3)c2n1. The summed E-state index contributed by atoms with van der Waals surface area (Å²) in [5, 5.41) is 12.1. The molecule has 0 unspecified atom stereocenters. The Bertz CT molecular complexity index is 1340. The first kappa shape index (κ1) is 23.0. The molecule has 2 aromatic carbocycles. The van der Waals surface area contributed by atoms with Gasteiger partial charge in [0.2, 0.25) is 0 Å². The van der Waals surface area contributed by atoms with Crippen molar-refractivity contribution in [2.24, 2.45) is 0 Å². The van der Waals surface area contributed by atoms with E-state index >= 15 is 0 Å². The van der Waals surface area contributed by atoms with Crippen LogP contribution in [0, 0.1) is 12.7 Å². The van der Waals surface area contributed by atoms with Crippen molar-refractivity contribution in [2.45, 2.75) is 58.0 Å². The van der Waals surface area contributed by atoms with E-state index in [0.29, 0.717) is 0 Å². The lowest BCUT2D eigenvalue weighted by atomic mass is 9.91. The second-order valence-corrected chi connectivity index (χ2v) is 9.12. The van der Waals surface area contributed by atoms with E-state index in [4.69, 9.17) is 9.97 Å². The summed E-state index contributed by atoms with van der Waals surface area (Å²) < 4.78 is 15.8. The Hall–Kier alpha value is -3.81. The van der Waals surface area contributed by atoms with Crippen molar-refractivity contribution >= 4 is 22.8 Å². The van der Waals surface area contributed by atoms with Crippen LogP contribution in [0.2, 0.25) is 0 Å². The molecule has 2 aromatic heterocycles. The van der Waals surface area contributed by atoms with Crippen LogP contribution in [-0.2, 0) is 6.42 Å². The fourth-order valence-corrected chi connectivity index (χ4v) is 4.58. The second-order valence-electron chi connectivity index (χ2n) is 9.12. The maximum Gasteiger partial charge on any atom is 0.254 e. The molecule has 2 heterocycles. The first-order valence-corrected chi connectivity index (χ1v) is 12.2. The molecule has 0 radical (unpaired) electrons. The minimum atomic E-state index is -0.494. The van der Waals surface area contributed by atoms with E-state index in [1.54, 1.807) is 12.1 Å². The molecule has 0 bridgehead atoms.